The maximum Gasteiger partial charge on any atom is 0.178 e. The molecular formula is C15H19N3S2. The van der Waals surface area contributed by atoms with Crippen molar-refractivity contribution in [3.05, 3.63) is 28.5 Å². The third-order valence-corrected chi connectivity index (χ3v) is 5.99. The lowest BCUT2D eigenvalue weighted by atomic mass is 10.0. The molecule has 0 aliphatic carbocycles. The summed E-state index contributed by atoms with van der Waals surface area (Å²) < 4.78 is 3.02. The number of aromatic nitrogens is 2. The van der Waals surface area contributed by atoms with Gasteiger partial charge in [-0.3, -0.25) is 0 Å². The third kappa shape index (κ3) is 2.50. The highest BCUT2D eigenvalue weighted by Gasteiger charge is 2.26. The van der Waals surface area contributed by atoms with Crippen LogP contribution in [-0.2, 0) is 6.54 Å². The second kappa shape index (κ2) is 6.02. The highest BCUT2D eigenvalue weighted by molar-refractivity contribution is 8.00. The molecule has 1 N–H and O–H groups in total. The lowest BCUT2D eigenvalue weighted by Gasteiger charge is -2.30. The van der Waals surface area contributed by atoms with Gasteiger partial charge in [-0.1, -0.05) is 19.9 Å². The maximum absolute atomic E-state index is 9.19. The molecule has 0 saturated heterocycles. The van der Waals surface area contributed by atoms with E-state index < -0.39 is 0 Å². The predicted octanol–water partition coefficient (Wildman–Crippen LogP) is 4.49. The monoisotopic (exact) mass is 305 g/mol. The van der Waals surface area contributed by atoms with Crippen molar-refractivity contribution >= 4 is 35.0 Å². The van der Waals surface area contributed by atoms with E-state index in [1.165, 1.54) is 0 Å². The number of hydrogen-bond donors (Lipinski definition) is 1. The molecule has 1 aromatic heterocycles. The topological polar surface area (TPSA) is 44.5 Å². The first kappa shape index (κ1) is 15.1. The average Bonchev–Trinajstić information content (AvgIpc) is 2.80. The molecule has 5 heteroatoms. The van der Waals surface area contributed by atoms with Gasteiger partial charge in [0.25, 0.3) is 0 Å². The quantitative estimate of drug-likeness (QED) is 0.828. The van der Waals surface area contributed by atoms with Crippen molar-refractivity contribution in [3.8, 4) is 6.07 Å². The number of aromatic amines is 1. The number of hydrogen-bond acceptors (Lipinski definition) is 3. The Bertz CT molecular complexity index is 694. The second-order valence-corrected chi connectivity index (χ2v) is 6.58. The number of para-hydroxylation sites is 1. The molecule has 0 bridgehead atoms. The van der Waals surface area contributed by atoms with Gasteiger partial charge in [-0.05, 0) is 43.4 Å². The Morgan fingerprint density at radius 3 is 2.65 bits per heavy atom. The SMILES string of the molecule is CCC(CC)(Cn1c(=S)[nH]c2c(C#N)cccc21)SC. The summed E-state index contributed by atoms with van der Waals surface area (Å²) >= 11 is 7.36. The van der Waals surface area contributed by atoms with Crippen LogP contribution >= 0.6 is 24.0 Å². The summed E-state index contributed by atoms with van der Waals surface area (Å²) in [6.07, 6.45) is 4.35. The smallest absolute Gasteiger partial charge is 0.178 e. The van der Waals surface area contributed by atoms with Crippen molar-refractivity contribution in [1.29, 1.82) is 5.26 Å². The maximum atomic E-state index is 9.19. The zero-order valence-electron chi connectivity index (χ0n) is 12.1. The first-order chi connectivity index (χ1) is 9.60. The number of nitriles is 1. The number of imidazole rings is 1. The van der Waals surface area contributed by atoms with Crippen LogP contribution in [0.3, 0.4) is 0 Å². The van der Waals surface area contributed by atoms with E-state index in [2.05, 4.69) is 35.7 Å². The lowest BCUT2D eigenvalue weighted by Crippen LogP contribution is -2.29. The van der Waals surface area contributed by atoms with Crippen molar-refractivity contribution < 1.29 is 0 Å². The number of benzene rings is 1. The normalized spacial score (nSPS) is 11.7. The van der Waals surface area contributed by atoms with Gasteiger partial charge in [0.05, 0.1) is 16.6 Å². The molecule has 2 rings (SSSR count). The number of fused-ring (bicyclic) bond motifs is 1. The molecule has 1 aromatic carbocycles. The van der Waals surface area contributed by atoms with Crippen LogP contribution in [0.4, 0.5) is 0 Å². The Labute approximate surface area is 129 Å². The van der Waals surface area contributed by atoms with Crippen molar-refractivity contribution in [2.45, 2.75) is 38.0 Å². The highest BCUT2D eigenvalue weighted by Crippen LogP contribution is 2.33. The third-order valence-electron chi connectivity index (χ3n) is 4.10. The van der Waals surface area contributed by atoms with E-state index in [0.29, 0.717) is 10.3 Å². The van der Waals surface area contributed by atoms with Gasteiger partial charge >= 0.3 is 0 Å². The van der Waals surface area contributed by atoms with Gasteiger partial charge < -0.3 is 9.55 Å². The summed E-state index contributed by atoms with van der Waals surface area (Å²) in [5.74, 6) is 0. The molecule has 1 heterocycles. The molecule has 0 amide bonds. The fourth-order valence-electron chi connectivity index (χ4n) is 2.55. The zero-order chi connectivity index (χ0) is 14.8. The predicted molar refractivity (Wildman–Crippen MR) is 88.7 cm³/mol. The second-order valence-electron chi connectivity index (χ2n) is 4.92. The number of H-pyrrole nitrogens is 1. The summed E-state index contributed by atoms with van der Waals surface area (Å²) in [7, 11) is 0. The van der Waals surface area contributed by atoms with E-state index in [1.807, 2.05) is 30.0 Å². The van der Waals surface area contributed by atoms with Crippen LogP contribution in [0.2, 0.25) is 0 Å². The lowest BCUT2D eigenvalue weighted by molar-refractivity contribution is 0.470. The summed E-state index contributed by atoms with van der Waals surface area (Å²) in [4.78, 5) is 3.19. The number of nitrogens with zero attached hydrogens (tertiary/aromatic N) is 2. The van der Waals surface area contributed by atoms with Crippen molar-refractivity contribution in [3.63, 3.8) is 0 Å². The standard InChI is InChI=1S/C15H19N3S2/c1-4-15(5-2,20-3)10-18-12-8-6-7-11(9-16)13(12)17-14(18)19/h6-8H,4-5,10H2,1-3H3,(H,17,19). The minimum absolute atomic E-state index is 0.190. The molecule has 0 radical (unpaired) electrons. The minimum atomic E-state index is 0.190. The van der Waals surface area contributed by atoms with E-state index in [0.717, 1.165) is 30.4 Å². The molecule has 0 aliphatic heterocycles. The molecule has 0 aliphatic rings. The van der Waals surface area contributed by atoms with E-state index in [4.69, 9.17) is 12.2 Å². The molecule has 0 atom stereocenters. The molecule has 0 fully saturated rings. The number of nitrogens with one attached hydrogen (secondary N) is 1. The molecule has 0 unspecified atom stereocenters. The fourth-order valence-corrected chi connectivity index (χ4v) is 3.65. The number of thioether (sulfide) groups is 1. The molecule has 3 nitrogen and oxygen atoms in total. The largest absolute Gasteiger partial charge is 0.329 e. The van der Waals surface area contributed by atoms with Gasteiger partial charge in [0, 0.05) is 11.3 Å². The number of rotatable bonds is 5. The van der Waals surface area contributed by atoms with Crippen molar-refractivity contribution in [2.75, 3.05) is 6.26 Å². The van der Waals surface area contributed by atoms with E-state index in [9.17, 15) is 5.26 Å². The van der Waals surface area contributed by atoms with Crippen molar-refractivity contribution in [1.82, 2.24) is 9.55 Å². The molecule has 0 spiro atoms. The van der Waals surface area contributed by atoms with E-state index in [1.54, 1.807) is 0 Å². The van der Waals surface area contributed by atoms with Gasteiger partial charge in [0.1, 0.15) is 6.07 Å². The van der Waals surface area contributed by atoms with Crippen molar-refractivity contribution in [2.24, 2.45) is 0 Å². The zero-order valence-corrected chi connectivity index (χ0v) is 13.7. The molecular weight excluding hydrogens is 286 g/mol. The Balaban J connectivity index is 2.59. The summed E-state index contributed by atoms with van der Waals surface area (Å²) in [5, 5.41) is 9.19. The van der Waals surface area contributed by atoms with Gasteiger partial charge in [0.2, 0.25) is 0 Å². The Morgan fingerprint density at radius 1 is 1.40 bits per heavy atom. The van der Waals surface area contributed by atoms with Crippen LogP contribution in [0.15, 0.2) is 18.2 Å². The van der Waals surface area contributed by atoms with Crippen LogP contribution < -0.4 is 0 Å². The molecule has 106 valence electrons. The first-order valence-electron chi connectivity index (χ1n) is 6.77. The fraction of sp³-hybridized carbons (Fsp3) is 0.467. The van der Waals surface area contributed by atoms with Gasteiger partial charge in [-0.15, -0.1) is 0 Å². The minimum Gasteiger partial charge on any atom is -0.329 e. The molecule has 2 aromatic rings. The average molecular weight is 305 g/mol. The summed E-state index contributed by atoms with van der Waals surface area (Å²) in [5.41, 5.74) is 2.52. The Hall–Kier alpha value is -1.25. The van der Waals surface area contributed by atoms with Gasteiger partial charge in [-0.25, -0.2) is 0 Å². The van der Waals surface area contributed by atoms with E-state index >= 15 is 0 Å². The van der Waals surface area contributed by atoms with Crippen LogP contribution in [0.1, 0.15) is 32.3 Å². The van der Waals surface area contributed by atoms with Crippen LogP contribution in [0, 0.1) is 16.1 Å². The summed E-state index contributed by atoms with van der Waals surface area (Å²) in [6, 6.07) is 7.98. The first-order valence-corrected chi connectivity index (χ1v) is 8.41. The Kier molecular flexibility index (Phi) is 4.56. The molecule has 20 heavy (non-hydrogen) atoms. The van der Waals surface area contributed by atoms with Crippen LogP contribution in [-0.4, -0.2) is 20.6 Å². The molecule has 0 saturated carbocycles. The van der Waals surface area contributed by atoms with Crippen LogP contribution in [0.25, 0.3) is 11.0 Å². The van der Waals surface area contributed by atoms with E-state index in [-0.39, 0.29) is 4.75 Å². The Morgan fingerprint density at radius 2 is 2.10 bits per heavy atom. The van der Waals surface area contributed by atoms with Crippen LogP contribution in [0.5, 0.6) is 0 Å². The highest BCUT2D eigenvalue weighted by atomic mass is 32.2. The van der Waals surface area contributed by atoms with Gasteiger partial charge in [0.15, 0.2) is 4.77 Å². The van der Waals surface area contributed by atoms with Gasteiger partial charge in [-0.2, -0.15) is 17.0 Å². The summed E-state index contributed by atoms with van der Waals surface area (Å²) in [6.45, 7) is 5.31.